The highest BCUT2D eigenvalue weighted by Gasteiger charge is 2.17. The largest absolute Gasteiger partial charge is 0.374 e. The van der Waals surface area contributed by atoms with Crippen LogP contribution in [-0.4, -0.2) is 4.98 Å². The van der Waals surface area contributed by atoms with Gasteiger partial charge < -0.3 is 10.3 Å². The highest BCUT2D eigenvalue weighted by atomic mass is 14.9. The summed E-state index contributed by atoms with van der Waals surface area (Å²) in [5, 5.41) is 4.92. The Kier molecular flexibility index (Phi) is 8.18. The third kappa shape index (κ3) is 5.01. The maximum Gasteiger partial charge on any atom is 0.0788 e. The van der Waals surface area contributed by atoms with Crippen molar-refractivity contribution in [1.29, 1.82) is 0 Å². The van der Waals surface area contributed by atoms with E-state index in [4.69, 9.17) is 0 Å². The summed E-state index contributed by atoms with van der Waals surface area (Å²) in [6.07, 6.45) is 2.11. The van der Waals surface area contributed by atoms with Gasteiger partial charge in [-0.25, -0.2) is 0 Å². The number of anilines is 1. The molecular formula is C25H30N2. The van der Waals surface area contributed by atoms with Gasteiger partial charge in [0.05, 0.1) is 6.04 Å². The summed E-state index contributed by atoms with van der Waals surface area (Å²) in [4.78, 5) is 3.38. The number of nitrogens with one attached hydrogen (secondary N) is 2. The molecule has 0 aliphatic carbocycles. The molecule has 0 bridgehead atoms. The molecule has 1 aromatic heterocycles. The Labute approximate surface area is 163 Å². The monoisotopic (exact) mass is 358 g/mol. The fourth-order valence-electron chi connectivity index (χ4n) is 3.02. The lowest BCUT2D eigenvalue weighted by Crippen LogP contribution is -2.11. The second-order valence-corrected chi connectivity index (χ2v) is 5.64. The number of hydrogen-bond acceptors (Lipinski definition) is 1. The number of fused-ring (bicyclic) bond motifs is 1. The van der Waals surface area contributed by atoms with Gasteiger partial charge in [-0.15, -0.1) is 0 Å². The fourth-order valence-corrected chi connectivity index (χ4v) is 3.02. The van der Waals surface area contributed by atoms with Crippen molar-refractivity contribution in [3.05, 3.63) is 102 Å². The van der Waals surface area contributed by atoms with Crippen molar-refractivity contribution in [1.82, 2.24) is 4.98 Å². The molecule has 1 heterocycles. The molecule has 0 amide bonds. The van der Waals surface area contributed by atoms with Crippen LogP contribution in [0.3, 0.4) is 0 Å². The number of benzene rings is 3. The second kappa shape index (κ2) is 10.9. The predicted molar refractivity (Wildman–Crippen MR) is 119 cm³/mol. The zero-order chi connectivity index (χ0) is 19.5. The van der Waals surface area contributed by atoms with Crippen molar-refractivity contribution in [2.24, 2.45) is 0 Å². The van der Waals surface area contributed by atoms with Crippen molar-refractivity contribution < 1.29 is 0 Å². The first-order valence-electron chi connectivity index (χ1n) is 9.84. The van der Waals surface area contributed by atoms with Crippen LogP contribution in [0.25, 0.3) is 10.9 Å². The van der Waals surface area contributed by atoms with E-state index >= 15 is 0 Å². The first-order chi connectivity index (χ1) is 13.4. The summed E-state index contributed by atoms with van der Waals surface area (Å²) in [5.41, 5.74) is 4.79. The molecule has 2 nitrogen and oxygen atoms in total. The van der Waals surface area contributed by atoms with Gasteiger partial charge >= 0.3 is 0 Å². The minimum Gasteiger partial charge on any atom is -0.374 e. The molecule has 0 saturated heterocycles. The lowest BCUT2D eigenvalue weighted by atomic mass is 9.98. The van der Waals surface area contributed by atoms with E-state index < -0.39 is 0 Å². The second-order valence-electron chi connectivity index (χ2n) is 5.64. The van der Waals surface area contributed by atoms with Crippen LogP contribution >= 0.6 is 0 Å². The summed E-state index contributed by atoms with van der Waals surface area (Å²) >= 11 is 0. The first-order valence-corrected chi connectivity index (χ1v) is 9.84. The van der Waals surface area contributed by atoms with Gasteiger partial charge in [-0.05, 0) is 23.8 Å². The maximum atomic E-state index is 3.67. The lowest BCUT2D eigenvalue weighted by Gasteiger charge is -2.20. The first kappa shape index (κ1) is 20.3. The van der Waals surface area contributed by atoms with Gasteiger partial charge in [-0.3, -0.25) is 0 Å². The number of hydrogen-bond donors (Lipinski definition) is 2. The number of para-hydroxylation sites is 2. The average molecular weight is 359 g/mol. The van der Waals surface area contributed by atoms with Crippen molar-refractivity contribution in [2.45, 2.75) is 33.7 Å². The van der Waals surface area contributed by atoms with Gasteiger partial charge in [0.1, 0.15) is 0 Å². The zero-order valence-electron chi connectivity index (χ0n) is 16.7. The highest BCUT2D eigenvalue weighted by Crippen LogP contribution is 2.31. The SMILES string of the molecule is CC.CC.c1ccc(NC(c2ccccc2)c2c[nH]c3ccccc23)cc1. The topological polar surface area (TPSA) is 27.8 Å². The molecule has 1 atom stereocenters. The van der Waals surface area contributed by atoms with E-state index in [-0.39, 0.29) is 6.04 Å². The summed E-state index contributed by atoms with van der Waals surface area (Å²) in [7, 11) is 0. The van der Waals surface area contributed by atoms with Gasteiger partial charge in [0.15, 0.2) is 0 Å². The van der Waals surface area contributed by atoms with Crippen molar-refractivity contribution in [2.75, 3.05) is 5.32 Å². The van der Waals surface area contributed by atoms with Crippen LogP contribution in [0, 0.1) is 0 Å². The van der Waals surface area contributed by atoms with Crippen molar-refractivity contribution in [3.63, 3.8) is 0 Å². The van der Waals surface area contributed by atoms with E-state index in [2.05, 4.69) is 95.4 Å². The summed E-state index contributed by atoms with van der Waals surface area (Å²) in [5.74, 6) is 0. The molecule has 0 fully saturated rings. The molecular weight excluding hydrogens is 328 g/mol. The quantitative estimate of drug-likeness (QED) is 0.390. The van der Waals surface area contributed by atoms with E-state index in [1.54, 1.807) is 0 Å². The average Bonchev–Trinajstić information content (AvgIpc) is 3.20. The van der Waals surface area contributed by atoms with Gasteiger partial charge in [-0.1, -0.05) is 94.4 Å². The Morgan fingerprint density at radius 2 is 1.22 bits per heavy atom. The van der Waals surface area contributed by atoms with Gasteiger partial charge in [0.2, 0.25) is 0 Å². The van der Waals surface area contributed by atoms with E-state index in [1.807, 2.05) is 33.8 Å². The van der Waals surface area contributed by atoms with E-state index in [9.17, 15) is 0 Å². The minimum atomic E-state index is 0.106. The summed E-state index contributed by atoms with van der Waals surface area (Å²) in [6.45, 7) is 8.00. The molecule has 2 N–H and O–H groups in total. The third-order valence-corrected chi connectivity index (χ3v) is 4.15. The summed E-state index contributed by atoms with van der Waals surface area (Å²) in [6, 6.07) is 29.5. The minimum absolute atomic E-state index is 0.106. The molecule has 4 rings (SSSR count). The smallest absolute Gasteiger partial charge is 0.0788 e. The fraction of sp³-hybridized carbons (Fsp3) is 0.200. The molecule has 1 unspecified atom stereocenters. The van der Waals surface area contributed by atoms with E-state index in [1.165, 1.54) is 22.0 Å². The molecule has 4 aromatic rings. The van der Waals surface area contributed by atoms with Gasteiger partial charge in [-0.2, -0.15) is 0 Å². The van der Waals surface area contributed by atoms with Crippen LogP contribution in [-0.2, 0) is 0 Å². The van der Waals surface area contributed by atoms with Gasteiger partial charge in [0.25, 0.3) is 0 Å². The Balaban J connectivity index is 0.000000614. The molecule has 3 aromatic carbocycles. The molecule has 0 spiro atoms. The molecule has 0 radical (unpaired) electrons. The zero-order valence-corrected chi connectivity index (χ0v) is 16.7. The Bertz CT molecular complexity index is 895. The van der Waals surface area contributed by atoms with Gasteiger partial charge in [0, 0.05) is 28.4 Å². The molecule has 0 aliphatic rings. The maximum absolute atomic E-state index is 3.67. The predicted octanol–water partition coefficient (Wildman–Crippen LogP) is 7.42. The number of aromatic amines is 1. The normalized spacial score (nSPS) is 10.8. The third-order valence-electron chi connectivity index (χ3n) is 4.15. The number of aromatic nitrogens is 1. The molecule has 27 heavy (non-hydrogen) atoms. The number of H-pyrrole nitrogens is 1. The molecule has 140 valence electrons. The standard InChI is InChI=1S/C21H18N2.2C2H6/c1-3-9-16(10-4-1)21(23-17-11-5-2-6-12-17)19-15-22-20-14-8-7-13-18(19)20;2*1-2/h1-15,21-23H;2*1-2H3. The van der Waals surface area contributed by atoms with E-state index in [0.717, 1.165) is 5.69 Å². The summed E-state index contributed by atoms with van der Waals surface area (Å²) < 4.78 is 0. The number of rotatable bonds is 4. The van der Waals surface area contributed by atoms with E-state index in [0.29, 0.717) is 0 Å². The molecule has 2 heteroatoms. The van der Waals surface area contributed by atoms with Crippen LogP contribution in [0.5, 0.6) is 0 Å². The Morgan fingerprint density at radius 1 is 0.667 bits per heavy atom. The van der Waals surface area contributed by atoms with Crippen LogP contribution < -0.4 is 5.32 Å². The Hall–Kier alpha value is -3.00. The molecule has 0 saturated carbocycles. The van der Waals surface area contributed by atoms with Crippen LogP contribution in [0.4, 0.5) is 5.69 Å². The highest BCUT2D eigenvalue weighted by molar-refractivity contribution is 5.84. The van der Waals surface area contributed by atoms with Crippen molar-refractivity contribution in [3.8, 4) is 0 Å². The molecule has 0 aliphatic heterocycles. The van der Waals surface area contributed by atoms with Crippen LogP contribution in [0.1, 0.15) is 44.9 Å². The Morgan fingerprint density at radius 3 is 1.89 bits per heavy atom. The lowest BCUT2D eigenvalue weighted by molar-refractivity contribution is 0.949. The van der Waals surface area contributed by atoms with Crippen LogP contribution in [0.2, 0.25) is 0 Å². The van der Waals surface area contributed by atoms with Crippen LogP contribution in [0.15, 0.2) is 91.1 Å². The van der Waals surface area contributed by atoms with Crippen molar-refractivity contribution >= 4 is 16.6 Å².